The number of rotatable bonds is 6. The van der Waals surface area contributed by atoms with Gasteiger partial charge in [0.1, 0.15) is 0 Å². The van der Waals surface area contributed by atoms with Crippen LogP contribution in [0, 0.1) is 0 Å². The maximum absolute atomic E-state index is 13.0. The van der Waals surface area contributed by atoms with E-state index in [1.54, 1.807) is 0 Å². The van der Waals surface area contributed by atoms with Gasteiger partial charge in [0.2, 0.25) is 0 Å². The summed E-state index contributed by atoms with van der Waals surface area (Å²) in [5, 5.41) is 37.1. The topological polar surface area (TPSA) is 166 Å². The van der Waals surface area contributed by atoms with Crippen molar-refractivity contribution in [3.63, 3.8) is 0 Å². The molecule has 33 heavy (non-hydrogen) atoms. The third-order valence-corrected chi connectivity index (χ3v) is 5.20. The molecule has 0 radical (unpaired) electrons. The Bertz CT molecular complexity index is 1170. The second kappa shape index (κ2) is 9.31. The van der Waals surface area contributed by atoms with Crippen molar-refractivity contribution in [1.29, 1.82) is 0 Å². The van der Waals surface area contributed by atoms with Gasteiger partial charge in [0, 0.05) is 11.1 Å². The number of carbonyl (C=O) groups is 5. The number of Topliss-reactive ketones (excluding diaryl/α,β-unsaturated/α-hetero) is 1. The number of hydrogen-bond donors (Lipinski definition) is 4. The summed E-state index contributed by atoms with van der Waals surface area (Å²) in [6.07, 6.45) is 4.07. The van der Waals surface area contributed by atoms with E-state index in [4.69, 9.17) is 10.2 Å². The van der Waals surface area contributed by atoms with Crippen molar-refractivity contribution in [2.45, 2.75) is 19.3 Å². The molecule has 9 nitrogen and oxygen atoms in total. The number of carboxylic acids is 4. The van der Waals surface area contributed by atoms with E-state index in [2.05, 4.69) is 0 Å². The largest absolute Gasteiger partial charge is 0.478 e. The molecule has 0 bridgehead atoms. The molecular formula is C24H18O9. The highest BCUT2D eigenvalue weighted by Gasteiger charge is 2.23. The van der Waals surface area contributed by atoms with E-state index in [-0.39, 0.29) is 33.4 Å². The third kappa shape index (κ3) is 5.04. The summed E-state index contributed by atoms with van der Waals surface area (Å²) >= 11 is 0. The van der Waals surface area contributed by atoms with Crippen LogP contribution in [0.1, 0.15) is 71.8 Å². The van der Waals surface area contributed by atoms with Gasteiger partial charge in [-0.25, -0.2) is 19.2 Å². The number of aromatic carboxylic acids is 4. The molecule has 1 aliphatic carbocycles. The standard InChI is InChI=1S/C24H18O9/c25-20-14(8-12-4-6-16(21(26)27)10-18(12)23(30)31)2-1-3-15(20)9-13-5-7-17(22(28)29)11-19(13)24(32)33/h4-11H,1-3H2,(H,26,27)(H,28,29)(H,30,31)(H,32,33). The van der Waals surface area contributed by atoms with Crippen molar-refractivity contribution in [3.05, 3.63) is 80.9 Å². The van der Waals surface area contributed by atoms with Crippen LogP contribution in [0.3, 0.4) is 0 Å². The van der Waals surface area contributed by atoms with Gasteiger partial charge in [-0.05, 0) is 66.8 Å². The number of hydrogen-bond acceptors (Lipinski definition) is 5. The van der Waals surface area contributed by atoms with Crippen LogP contribution < -0.4 is 0 Å². The lowest BCUT2D eigenvalue weighted by Gasteiger charge is -2.17. The van der Waals surface area contributed by atoms with Crippen LogP contribution in [-0.2, 0) is 4.79 Å². The fourth-order valence-corrected chi connectivity index (χ4v) is 3.55. The van der Waals surface area contributed by atoms with Crippen LogP contribution in [0.5, 0.6) is 0 Å². The van der Waals surface area contributed by atoms with Crippen molar-refractivity contribution in [3.8, 4) is 0 Å². The highest BCUT2D eigenvalue weighted by Crippen LogP contribution is 2.30. The summed E-state index contributed by atoms with van der Waals surface area (Å²) in [6, 6.07) is 7.16. The summed E-state index contributed by atoms with van der Waals surface area (Å²) in [7, 11) is 0. The predicted octanol–water partition coefficient (Wildman–Crippen LogP) is 3.70. The predicted molar refractivity (Wildman–Crippen MR) is 116 cm³/mol. The minimum absolute atomic E-state index is 0.175. The first-order valence-electron chi connectivity index (χ1n) is 9.75. The molecule has 1 aliphatic rings. The Morgan fingerprint density at radius 3 is 1.36 bits per heavy atom. The average Bonchev–Trinajstić information content (AvgIpc) is 2.76. The van der Waals surface area contributed by atoms with E-state index >= 15 is 0 Å². The Morgan fingerprint density at radius 2 is 1.03 bits per heavy atom. The summed E-state index contributed by atoms with van der Waals surface area (Å²) in [5.41, 5.74) is 0.0390. The maximum Gasteiger partial charge on any atom is 0.336 e. The molecule has 0 atom stereocenters. The van der Waals surface area contributed by atoms with Crippen molar-refractivity contribution in [2.24, 2.45) is 0 Å². The van der Waals surface area contributed by atoms with Gasteiger partial charge in [-0.2, -0.15) is 0 Å². The summed E-state index contributed by atoms with van der Waals surface area (Å²) in [4.78, 5) is 58.5. The molecule has 0 heterocycles. The molecule has 0 aromatic heterocycles. The van der Waals surface area contributed by atoms with E-state index in [9.17, 15) is 34.2 Å². The molecule has 1 fully saturated rings. The molecule has 9 heteroatoms. The zero-order chi connectivity index (χ0) is 24.3. The Morgan fingerprint density at radius 1 is 0.636 bits per heavy atom. The van der Waals surface area contributed by atoms with E-state index in [0.29, 0.717) is 30.4 Å². The molecule has 0 spiro atoms. The molecular weight excluding hydrogens is 432 g/mol. The fourth-order valence-electron chi connectivity index (χ4n) is 3.55. The van der Waals surface area contributed by atoms with Crippen LogP contribution in [0.4, 0.5) is 0 Å². The minimum atomic E-state index is -1.34. The Hall–Kier alpha value is -4.53. The number of benzene rings is 2. The Labute approximate surface area is 186 Å². The van der Waals surface area contributed by atoms with Crippen molar-refractivity contribution in [1.82, 2.24) is 0 Å². The van der Waals surface area contributed by atoms with Gasteiger partial charge in [0.05, 0.1) is 22.3 Å². The number of carbonyl (C=O) groups excluding carboxylic acids is 1. The van der Waals surface area contributed by atoms with Gasteiger partial charge >= 0.3 is 23.9 Å². The first-order chi connectivity index (χ1) is 15.6. The van der Waals surface area contributed by atoms with Gasteiger partial charge < -0.3 is 20.4 Å². The summed E-state index contributed by atoms with van der Waals surface area (Å²) < 4.78 is 0. The maximum atomic E-state index is 13.0. The summed E-state index contributed by atoms with van der Waals surface area (Å²) in [6.45, 7) is 0. The van der Waals surface area contributed by atoms with Crippen molar-refractivity contribution < 1.29 is 44.4 Å². The monoisotopic (exact) mass is 450 g/mol. The molecule has 4 N–H and O–H groups in total. The molecule has 168 valence electrons. The van der Waals surface area contributed by atoms with Crippen LogP contribution in [0.25, 0.3) is 12.2 Å². The number of carboxylic acid groups (broad SMARTS) is 4. The first kappa shape index (κ1) is 23.1. The lowest BCUT2D eigenvalue weighted by atomic mass is 9.85. The zero-order valence-electron chi connectivity index (χ0n) is 17.1. The molecule has 2 aromatic carbocycles. The van der Waals surface area contributed by atoms with Gasteiger partial charge in [-0.15, -0.1) is 0 Å². The second-order valence-corrected chi connectivity index (χ2v) is 7.35. The Balaban J connectivity index is 2.02. The van der Waals surface area contributed by atoms with Gasteiger partial charge in [0.15, 0.2) is 5.78 Å². The van der Waals surface area contributed by atoms with Gasteiger partial charge in [0.25, 0.3) is 0 Å². The number of allylic oxidation sites excluding steroid dienone is 2. The lowest BCUT2D eigenvalue weighted by Crippen LogP contribution is -2.13. The van der Waals surface area contributed by atoms with E-state index in [1.165, 1.54) is 36.4 Å². The molecule has 1 saturated carbocycles. The molecule has 2 aromatic rings. The fraction of sp³-hybridized carbons (Fsp3) is 0.125. The zero-order valence-corrected chi connectivity index (χ0v) is 17.1. The molecule has 0 saturated heterocycles. The van der Waals surface area contributed by atoms with E-state index in [1.807, 2.05) is 0 Å². The molecule has 3 rings (SSSR count). The third-order valence-electron chi connectivity index (χ3n) is 5.20. The SMILES string of the molecule is O=C1C(=Cc2ccc(C(=O)O)cc2C(=O)O)CCCC1=Cc1ccc(C(=O)O)cc1C(=O)O. The quantitative estimate of drug-likeness (QED) is 0.480. The first-order valence-corrected chi connectivity index (χ1v) is 9.75. The second-order valence-electron chi connectivity index (χ2n) is 7.35. The molecule has 0 amide bonds. The minimum Gasteiger partial charge on any atom is -0.478 e. The number of ketones is 1. The van der Waals surface area contributed by atoms with Crippen LogP contribution in [0.2, 0.25) is 0 Å². The molecule has 0 aliphatic heterocycles. The lowest BCUT2D eigenvalue weighted by molar-refractivity contribution is -0.112. The van der Waals surface area contributed by atoms with Gasteiger partial charge in [-0.3, -0.25) is 4.79 Å². The van der Waals surface area contributed by atoms with E-state index < -0.39 is 29.7 Å². The average molecular weight is 450 g/mol. The highest BCUT2D eigenvalue weighted by atomic mass is 16.4. The van der Waals surface area contributed by atoms with Crippen LogP contribution >= 0.6 is 0 Å². The Kier molecular flexibility index (Phi) is 6.53. The summed E-state index contributed by atoms with van der Waals surface area (Å²) in [5.74, 6) is -5.63. The van der Waals surface area contributed by atoms with Crippen molar-refractivity contribution >= 4 is 41.8 Å². The van der Waals surface area contributed by atoms with Gasteiger partial charge in [-0.1, -0.05) is 12.1 Å². The highest BCUT2D eigenvalue weighted by molar-refractivity contribution is 6.15. The van der Waals surface area contributed by atoms with Crippen LogP contribution in [0.15, 0.2) is 47.5 Å². The van der Waals surface area contributed by atoms with Crippen molar-refractivity contribution in [2.75, 3.05) is 0 Å². The smallest absolute Gasteiger partial charge is 0.336 e. The van der Waals surface area contributed by atoms with Crippen LogP contribution in [-0.4, -0.2) is 50.1 Å². The van der Waals surface area contributed by atoms with E-state index in [0.717, 1.165) is 12.1 Å². The molecule has 0 unspecified atom stereocenters. The normalized spacial score (nSPS) is 16.1.